The minimum Gasteiger partial charge on any atom is -0.342 e. The molecule has 2 aromatic rings. The van der Waals surface area contributed by atoms with Gasteiger partial charge in [0.15, 0.2) is 0 Å². The van der Waals surface area contributed by atoms with E-state index in [1.807, 2.05) is 48.1 Å². The summed E-state index contributed by atoms with van der Waals surface area (Å²) < 4.78 is 1.86. The van der Waals surface area contributed by atoms with Crippen molar-refractivity contribution < 1.29 is 4.79 Å². The minimum absolute atomic E-state index is 0.0585. The number of carbonyl (C=O) groups is 1. The highest BCUT2D eigenvalue weighted by Crippen LogP contribution is 2.08. The molecule has 2 rings (SSSR count). The van der Waals surface area contributed by atoms with Gasteiger partial charge in [0.25, 0.3) is 5.91 Å². The highest BCUT2D eigenvalue weighted by Gasteiger charge is 2.09. The van der Waals surface area contributed by atoms with Crippen LogP contribution >= 0.6 is 0 Å². The summed E-state index contributed by atoms with van der Waals surface area (Å²) in [5.74, 6) is 0.0585. The van der Waals surface area contributed by atoms with Crippen molar-refractivity contribution in [3.05, 3.63) is 53.9 Å². The molecule has 94 valence electrons. The summed E-state index contributed by atoms with van der Waals surface area (Å²) in [4.78, 5) is 13.6. The maximum absolute atomic E-state index is 11.9. The third kappa shape index (κ3) is 2.77. The van der Waals surface area contributed by atoms with E-state index >= 15 is 0 Å². The molecule has 0 N–H and O–H groups in total. The second kappa shape index (κ2) is 5.49. The zero-order valence-electron chi connectivity index (χ0n) is 10.7. The first-order valence-corrected chi connectivity index (χ1v) is 6.02. The predicted molar refractivity (Wildman–Crippen MR) is 70.4 cm³/mol. The van der Waals surface area contributed by atoms with Crippen molar-refractivity contribution in [3.63, 3.8) is 0 Å². The first-order valence-electron chi connectivity index (χ1n) is 6.02. The van der Waals surface area contributed by atoms with Crippen LogP contribution in [0.4, 0.5) is 0 Å². The normalized spacial score (nSPS) is 10.3. The highest BCUT2D eigenvalue weighted by molar-refractivity contribution is 5.94. The largest absolute Gasteiger partial charge is 0.342 e. The molecule has 0 spiro atoms. The standard InChI is InChI=1S/C14H17N3O/c1-3-16(2)14(18)13-7-5-12(6-8-13)11-17-10-4-9-15-17/h4-10H,3,11H2,1-2H3. The van der Waals surface area contributed by atoms with Crippen molar-refractivity contribution in [2.45, 2.75) is 13.5 Å². The zero-order valence-corrected chi connectivity index (χ0v) is 10.7. The molecule has 0 aliphatic rings. The Bertz CT molecular complexity index is 502. The maximum atomic E-state index is 11.9. The summed E-state index contributed by atoms with van der Waals surface area (Å²) in [6.07, 6.45) is 3.68. The lowest BCUT2D eigenvalue weighted by Gasteiger charge is -2.14. The molecule has 1 amide bonds. The molecule has 0 aliphatic carbocycles. The van der Waals surface area contributed by atoms with E-state index in [-0.39, 0.29) is 5.91 Å². The van der Waals surface area contributed by atoms with Gasteiger partial charge in [-0.3, -0.25) is 9.48 Å². The van der Waals surface area contributed by atoms with Crippen LogP contribution in [0.2, 0.25) is 0 Å². The Balaban J connectivity index is 2.08. The van der Waals surface area contributed by atoms with Gasteiger partial charge in [0.2, 0.25) is 0 Å². The van der Waals surface area contributed by atoms with Crippen LogP contribution in [0.5, 0.6) is 0 Å². The van der Waals surface area contributed by atoms with Gasteiger partial charge in [-0.2, -0.15) is 5.10 Å². The monoisotopic (exact) mass is 243 g/mol. The molecule has 1 aromatic carbocycles. The van der Waals surface area contributed by atoms with Gasteiger partial charge < -0.3 is 4.90 Å². The molecule has 1 aromatic heterocycles. The molecule has 4 heteroatoms. The van der Waals surface area contributed by atoms with Crippen LogP contribution in [0.1, 0.15) is 22.8 Å². The van der Waals surface area contributed by atoms with Gasteiger partial charge in [-0.15, -0.1) is 0 Å². The molecule has 4 nitrogen and oxygen atoms in total. The number of hydrogen-bond acceptors (Lipinski definition) is 2. The molecular weight excluding hydrogens is 226 g/mol. The van der Waals surface area contributed by atoms with Gasteiger partial charge in [0, 0.05) is 31.5 Å². The summed E-state index contributed by atoms with van der Waals surface area (Å²) in [6.45, 7) is 3.41. The van der Waals surface area contributed by atoms with E-state index in [4.69, 9.17) is 0 Å². The van der Waals surface area contributed by atoms with E-state index in [0.717, 1.165) is 17.7 Å². The molecule has 0 atom stereocenters. The fourth-order valence-corrected chi connectivity index (χ4v) is 1.70. The van der Waals surface area contributed by atoms with Gasteiger partial charge in [0.1, 0.15) is 0 Å². The molecule has 0 saturated heterocycles. The Labute approximate surface area is 107 Å². The van der Waals surface area contributed by atoms with Crippen molar-refractivity contribution in [2.75, 3.05) is 13.6 Å². The molecule has 0 saturated carbocycles. The van der Waals surface area contributed by atoms with Crippen LogP contribution in [0.15, 0.2) is 42.7 Å². The van der Waals surface area contributed by atoms with E-state index in [0.29, 0.717) is 6.54 Å². The van der Waals surface area contributed by atoms with Crippen LogP contribution < -0.4 is 0 Å². The number of amides is 1. The minimum atomic E-state index is 0.0585. The molecule has 0 aliphatic heterocycles. The van der Waals surface area contributed by atoms with Crippen molar-refractivity contribution in [1.82, 2.24) is 14.7 Å². The van der Waals surface area contributed by atoms with Crippen molar-refractivity contribution >= 4 is 5.91 Å². The average Bonchev–Trinajstić information content (AvgIpc) is 2.91. The van der Waals surface area contributed by atoms with E-state index in [1.165, 1.54) is 0 Å². The van der Waals surface area contributed by atoms with Crippen LogP contribution in [0.25, 0.3) is 0 Å². The number of aromatic nitrogens is 2. The molecule has 0 fully saturated rings. The molecule has 1 heterocycles. The first-order chi connectivity index (χ1) is 8.70. The van der Waals surface area contributed by atoms with Crippen LogP contribution in [-0.2, 0) is 6.54 Å². The third-order valence-corrected chi connectivity index (χ3v) is 2.93. The van der Waals surface area contributed by atoms with E-state index in [2.05, 4.69) is 5.10 Å². The summed E-state index contributed by atoms with van der Waals surface area (Å²) in [5, 5.41) is 4.15. The van der Waals surface area contributed by atoms with Crippen molar-refractivity contribution in [2.24, 2.45) is 0 Å². The zero-order chi connectivity index (χ0) is 13.0. The van der Waals surface area contributed by atoms with Crippen molar-refractivity contribution in [1.29, 1.82) is 0 Å². The smallest absolute Gasteiger partial charge is 0.253 e. The van der Waals surface area contributed by atoms with Crippen LogP contribution in [-0.4, -0.2) is 34.2 Å². The summed E-state index contributed by atoms with van der Waals surface area (Å²) >= 11 is 0. The fourth-order valence-electron chi connectivity index (χ4n) is 1.70. The average molecular weight is 243 g/mol. The third-order valence-electron chi connectivity index (χ3n) is 2.93. The SMILES string of the molecule is CCN(C)C(=O)c1ccc(Cn2cccn2)cc1. The Kier molecular flexibility index (Phi) is 3.77. The maximum Gasteiger partial charge on any atom is 0.253 e. The van der Waals surface area contributed by atoms with Crippen LogP contribution in [0, 0.1) is 0 Å². The first kappa shape index (κ1) is 12.4. The van der Waals surface area contributed by atoms with E-state index in [9.17, 15) is 4.79 Å². The van der Waals surface area contributed by atoms with Gasteiger partial charge in [0.05, 0.1) is 6.54 Å². The van der Waals surface area contributed by atoms with Gasteiger partial charge in [-0.25, -0.2) is 0 Å². The Morgan fingerprint density at radius 3 is 2.61 bits per heavy atom. The topological polar surface area (TPSA) is 38.1 Å². The number of benzene rings is 1. The fraction of sp³-hybridized carbons (Fsp3) is 0.286. The van der Waals surface area contributed by atoms with E-state index < -0.39 is 0 Å². The number of nitrogens with zero attached hydrogens (tertiary/aromatic N) is 3. The Hall–Kier alpha value is -2.10. The Morgan fingerprint density at radius 1 is 1.33 bits per heavy atom. The molecule has 0 unspecified atom stereocenters. The number of hydrogen-bond donors (Lipinski definition) is 0. The second-order valence-electron chi connectivity index (χ2n) is 4.22. The quantitative estimate of drug-likeness (QED) is 0.824. The van der Waals surface area contributed by atoms with Gasteiger partial charge in [-0.05, 0) is 30.7 Å². The molecule has 18 heavy (non-hydrogen) atoms. The highest BCUT2D eigenvalue weighted by atomic mass is 16.2. The lowest BCUT2D eigenvalue weighted by Crippen LogP contribution is -2.26. The molecular formula is C14H17N3O. The summed E-state index contributed by atoms with van der Waals surface area (Å²) in [7, 11) is 1.81. The lowest BCUT2D eigenvalue weighted by molar-refractivity contribution is 0.0802. The molecule has 0 bridgehead atoms. The lowest BCUT2D eigenvalue weighted by atomic mass is 10.1. The van der Waals surface area contributed by atoms with Crippen LogP contribution in [0.3, 0.4) is 0 Å². The summed E-state index contributed by atoms with van der Waals surface area (Å²) in [5.41, 5.74) is 1.86. The van der Waals surface area contributed by atoms with Gasteiger partial charge >= 0.3 is 0 Å². The van der Waals surface area contributed by atoms with E-state index in [1.54, 1.807) is 18.1 Å². The van der Waals surface area contributed by atoms with Gasteiger partial charge in [-0.1, -0.05) is 12.1 Å². The second-order valence-corrected chi connectivity index (χ2v) is 4.22. The Morgan fingerprint density at radius 2 is 2.06 bits per heavy atom. The van der Waals surface area contributed by atoms with Crippen molar-refractivity contribution in [3.8, 4) is 0 Å². The predicted octanol–water partition coefficient (Wildman–Crippen LogP) is 2.02. The summed E-state index contributed by atoms with van der Waals surface area (Å²) in [6, 6.07) is 9.57. The molecule has 0 radical (unpaired) electrons. The number of rotatable bonds is 4. The number of carbonyl (C=O) groups excluding carboxylic acids is 1.